The molecule has 7 nitrogen and oxygen atoms in total. The molecule has 30 heavy (non-hydrogen) atoms. The van der Waals surface area contributed by atoms with Crippen molar-refractivity contribution in [1.82, 2.24) is 15.3 Å². The molecule has 0 spiro atoms. The Morgan fingerprint density at radius 2 is 1.97 bits per heavy atom. The molecule has 1 aromatic carbocycles. The molecule has 4 rings (SSSR count). The van der Waals surface area contributed by atoms with Gasteiger partial charge >= 0.3 is 0 Å². The maximum Gasteiger partial charge on any atom is 0.252 e. The maximum atomic E-state index is 14.8. The fourth-order valence-electron chi connectivity index (χ4n) is 4.05. The van der Waals surface area contributed by atoms with Crippen LogP contribution < -0.4 is 21.7 Å². The third-order valence-electron chi connectivity index (χ3n) is 5.64. The quantitative estimate of drug-likeness (QED) is 0.497. The first-order valence-corrected chi connectivity index (χ1v) is 10.1. The van der Waals surface area contributed by atoms with Crippen molar-refractivity contribution in [3.8, 4) is 0 Å². The second-order valence-corrected chi connectivity index (χ2v) is 7.54. The van der Waals surface area contributed by atoms with E-state index in [4.69, 9.17) is 5.73 Å². The number of benzene rings is 1. The molecular formula is C22H25FN6O. The molecule has 1 saturated carbocycles. The van der Waals surface area contributed by atoms with Gasteiger partial charge in [0.15, 0.2) is 11.6 Å². The molecule has 0 radical (unpaired) electrons. The van der Waals surface area contributed by atoms with Crippen molar-refractivity contribution >= 4 is 34.0 Å². The SMILES string of the molecule is CNC1CCCCC1Nc1nc(Nc2cccc3ccncc23)c(C(N)=O)cc1F. The van der Waals surface area contributed by atoms with E-state index in [2.05, 4.69) is 25.9 Å². The lowest BCUT2D eigenvalue weighted by molar-refractivity contribution is 0.100. The number of hydrogen-bond acceptors (Lipinski definition) is 6. The highest BCUT2D eigenvalue weighted by molar-refractivity contribution is 6.01. The number of nitrogens with zero attached hydrogens (tertiary/aromatic N) is 2. The predicted molar refractivity (Wildman–Crippen MR) is 116 cm³/mol. The average Bonchev–Trinajstić information content (AvgIpc) is 2.76. The van der Waals surface area contributed by atoms with Crippen LogP contribution in [0.4, 0.5) is 21.7 Å². The molecule has 2 aromatic heterocycles. The number of carbonyl (C=O) groups excluding carboxylic acids is 1. The first-order chi connectivity index (χ1) is 14.6. The fraction of sp³-hybridized carbons (Fsp3) is 0.318. The maximum absolute atomic E-state index is 14.8. The molecule has 1 aliphatic carbocycles. The number of nitrogens with one attached hydrogen (secondary N) is 3. The van der Waals surface area contributed by atoms with Crippen molar-refractivity contribution in [1.29, 1.82) is 0 Å². The number of nitrogens with two attached hydrogens (primary N) is 1. The normalized spacial score (nSPS) is 18.9. The van der Waals surface area contributed by atoms with Gasteiger partial charge in [0.1, 0.15) is 5.82 Å². The molecule has 0 aliphatic heterocycles. The second-order valence-electron chi connectivity index (χ2n) is 7.54. The fourth-order valence-corrected chi connectivity index (χ4v) is 4.05. The van der Waals surface area contributed by atoms with Crippen LogP contribution in [0.5, 0.6) is 0 Å². The van der Waals surface area contributed by atoms with Crippen LogP contribution in [0.1, 0.15) is 36.0 Å². The monoisotopic (exact) mass is 408 g/mol. The zero-order valence-corrected chi connectivity index (χ0v) is 16.8. The molecule has 2 heterocycles. The number of hydrogen-bond donors (Lipinski definition) is 4. The van der Waals surface area contributed by atoms with Crippen molar-refractivity contribution in [2.75, 3.05) is 17.7 Å². The number of amides is 1. The van der Waals surface area contributed by atoms with Crippen molar-refractivity contribution in [3.63, 3.8) is 0 Å². The first-order valence-electron chi connectivity index (χ1n) is 10.1. The predicted octanol–water partition coefficient (Wildman–Crippen LogP) is 3.55. The van der Waals surface area contributed by atoms with Gasteiger partial charge in [-0.2, -0.15) is 0 Å². The van der Waals surface area contributed by atoms with E-state index < -0.39 is 11.7 Å². The number of anilines is 3. The Morgan fingerprint density at radius 3 is 2.73 bits per heavy atom. The molecular weight excluding hydrogens is 383 g/mol. The number of halogens is 1. The van der Waals surface area contributed by atoms with Crippen LogP contribution in [0.3, 0.4) is 0 Å². The molecule has 5 N–H and O–H groups in total. The van der Waals surface area contributed by atoms with Crippen LogP contribution in [0.2, 0.25) is 0 Å². The number of likely N-dealkylation sites (N-methyl/N-ethyl adjacent to an activating group) is 1. The average molecular weight is 408 g/mol. The topological polar surface area (TPSA) is 105 Å². The van der Waals surface area contributed by atoms with Crippen LogP contribution in [0.25, 0.3) is 10.8 Å². The van der Waals surface area contributed by atoms with E-state index in [1.54, 1.807) is 12.4 Å². The summed E-state index contributed by atoms with van der Waals surface area (Å²) in [5.74, 6) is -1.04. The highest BCUT2D eigenvalue weighted by Gasteiger charge is 2.26. The molecule has 2 atom stereocenters. The minimum Gasteiger partial charge on any atom is -0.365 e. The molecule has 8 heteroatoms. The standard InChI is InChI=1S/C22H25FN6O/c1-25-18-6-2-3-7-19(18)28-22-16(23)11-14(20(24)30)21(29-22)27-17-8-4-5-13-9-10-26-12-15(13)17/h4-5,8-12,18-19,25H,2-3,6-7H2,1H3,(H2,24,30)(H2,27,28,29). The Bertz CT molecular complexity index is 1070. The summed E-state index contributed by atoms with van der Waals surface area (Å²) in [5.41, 5.74) is 6.20. The minimum absolute atomic E-state index is 0.00671. The summed E-state index contributed by atoms with van der Waals surface area (Å²) in [6.07, 6.45) is 7.59. The van der Waals surface area contributed by atoms with Gasteiger partial charge in [-0.1, -0.05) is 25.0 Å². The molecule has 0 bridgehead atoms. The summed E-state index contributed by atoms with van der Waals surface area (Å²) in [6.45, 7) is 0. The van der Waals surface area contributed by atoms with Gasteiger partial charge in [-0.3, -0.25) is 9.78 Å². The van der Waals surface area contributed by atoms with E-state index >= 15 is 0 Å². The molecule has 1 fully saturated rings. The van der Waals surface area contributed by atoms with Crippen LogP contribution in [-0.2, 0) is 0 Å². The van der Waals surface area contributed by atoms with Gasteiger partial charge in [0.05, 0.1) is 5.56 Å². The summed E-state index contributed by atoms with van der Waals surface area (Å²) in [4.78, 5) is 20.5. The van der Waals surface area contributed by atoms with Crippen LogP contribution >= 0.6 is 0 Å². The van der Waals surface area contributed by atoms with Gasteiger partial charge in [0.2, 0.25) is 0 Å². The zero-order chi connectivity index (χ0) is 21.1. The van der Waals surface area contributed by atoms with E-state index in [9.17, 15) is 9.18 Å². The summed E-state index contributed by atoms with van der Waals surface area (Å²) in [7, 11) is 1.91. The van der Waals surface area contributed by atoms with E-state index in [1.807, 2.05) is 31.3 Å². The lowest BCUT2D eigenvalue weighted by atomic mass is 9.90. The Hall–Kier alpha value is -3.26. The number of fused-ring (bicyclic) bond motifs is 1. The van der Waals surface area contributed by atoms with Crippen LogP contribution in [0.15, 0.2) is 42.7 Å². The smallest absolute Gasteiger partial charge is 0.252 e. The highest BCUT2D eigenvalue weighted by Crippen LogP contribution is 2.29. The summed E-state index contributed by atoms with van der Waals surface area (Å²) in [6, 6.07) is 9.02. The number of carbonyl (C=O) groups is 1. The first kappa shape index (κ1) is 20.0. The van der Waals surface area contributed by atoms with E-state index in [1.165, 1.54) is 0 Å². The van der Waals surface area contributed by atoms with Crippen molar-refractivity contribution in [3.05, 3.63) is 54.1 Å². The number of aromatic nitrogens is 2. The number of primary amides is 1. The van der Waals surface area contributed by atoms with Crippen LogP contribution in [0, 0.1) is 5.82 Å². The highest BCUT2D eigenvalue weighted by atomic mass is 19.1. The largest absolute Gasteiger partial charge is 0.365 e. The molecule has 1 amide bonds. The van der Waals surface area contributed by atoms with Crippen molar-refractivity contribution in [2.24, 2.45) is 5.73 Å². The van der Waals surface area contributed by atoms with Crippen molar-refractivity contribution < 1.29 is 9.18 Å². The van der Waals surface area contributed by atoms with Gasteiger partial charge in [-0.05, 0) is 43.5 Å². The van der Waals surface area contributed by atoms with Gasteiger partial charge in [0.25, 0.3) is 5.91 Å². The summed E-state index contributed by atoms with van der Waals surface area (Å²) >= 11 is 0. The third-order valence-corrected chi connectivity index (χ3v) is 5.64. The molecule has 156 valence electrons. The van der Waals surface area contributed by atoms with Gasteiger partial charge in [0, 0.05) is 35.6 Å². The van der Waals surface area contributed by atoms with E-state index in [0.29, 0.717) is 5.69 Å². The summed E-state index contributed by atoms with van der Waals surface area (Å²) in [5, 5.41) is 11.5. The number of rotatable bonds is 6. The zero-order valence-electron chi connectivity index (χ0n) is 16.8. The summed E-state index contributed by atoms with van der Waals surface area (Å²) < 4.78 is 14.8. The molecule has 1 aliphatic rings. The lowest BCUT2D eigenvalue weighted by Gasteiger charge is -2.32. The van der Waals surface area contributed by atoms with Crippen LogP contribution in [-0.4, -0.2) is 35.0 Å². The minimum atomic E-state index is -0.750. The Morgan fingerprint density at radius 1 is 1.17 bits per heavy atom. The Kier molecular flexibility index (Phi) is 5.76. The molecule has 0 saturated heterocycles. The number of pyridine rings is 2. The van der Waals surface area contributed by atoms with Crippen molar-refractivity contribution in [2.45, 2.75) is 37.8 Å². The second kappa shape index (κ2) is 8.62. The van der Waals surface area contributed by atoms with Gasteiger partial charge in [-0.25, -0.2) is 9.37 Å². The van der Waals surface area contributed by atoms with Gasteiger partial charge < -0.3 is 21.7 Å². The lowest BCUT2D eigenvalue weighted by Crippen LogP contribution is -2.45. The Labute approximate surface area is 174 Å². The van der Waals surface area contributed by atoms with Gasteiger partial charge in [-0.15, -0.1) is 0 Å². The van der Waals surface area contributed by atoms with E-state index in [0.717, 1.165) is 42.5 Å². The third kappa shape index (κ3) is 4.04. The Balaban J connectivity index is 1.71. The molecule has 2 unspecified atom stereocenters. The molecule has 3 aromatic rings. The van der Waals surface area contributed by atoms with E-state index in [-0.39, 0.29) is 29.3 Å².